The lowest BCUT2D eigenvalue weighted by molar-refractivity contribution is 0.125. The summed E-state index contributed by atoms with van der Waals surface area (Å²) in [6.07, 6.45) is 1.87. The molecule has 1 aromatic rings. The Morgan fingerprint density at radius 1 is 1.15 bits per heavy atom. The average molecular weight is 507 g/mol. The zero-order valence-electron chi connectivity index (χ0n) is 16.6. The van der Waals surface area contributed by atoms with Crippen molar-refractivity contribution >= 4 is 46.4 Å². The molecule has 0 bridgehead atoms. The maximum Gasteiger partial charge on any atom is 0.191 e. The van der Waals surface area contributed by atoms with E-state index < -0.39 is 0 Å². The molecule has 0 aromatic carbocycles. The number of aromatic nitrogens is 1. The largest absolute Gasteiger partial charge is 0.370 e. The fourth-order valence-corrected chi connectivity index (χ4v) is 4.33. The molecule has 2 aliphatic heterocycles. The summed E-state index contributed by atoms with van der Waals surface area (Å²) in [6.45, 7) is 16.1. The van der Waals surface area contributed by atoms with Gasteiger partial charge in [-0.05, 0) is 12.5 Å². The van der Waals surface area contributed by atoms with Crippen LogP contribution in [0.2, 0.25) is 0 Å². The maximum absolute atomic E-state index is 6.25. The number of thiazole rings is 1. The van der Waals surface area contributed by atoms with Crippen LogP contribution in [0.15, 0.2) is 16.6 Å². The molecule has 1 unspecified atom stereocenters. The first-order valence-corrected chi connectivity index (χ1v) is 10.7. The molecule has 154 valence electrons. The highest BCUT2D eigenvalue weighted by atomic mass is 127. The van der Waals surface area contributed by atoms with E-state index >= 15 is 0 Å². The summed E-state index contributed by atoms with van der Waals surface area (Å²) in [4.78, 5) is 18.7. The van der Waals surface area contributed by atoms with Gasteiger partial charge in [0, 0.05) is 77.0 Å². The molecular weight excluding hydrogens is 473 g/mol. The molecule has 1 aromatic heterocycles. The van der Waals surface area contributed by atoms with E-state index in [1.54, 1.807) is 11.3 Å². The Morgan fingerprint density at radius 3 is 2.41 bits per heavy atom. The predicted molar refractivity (Wildman–Crippen MR) is 126 cm³/mol. The lowest BCUT2D eigenvalue weighted by atomic mass is 10.1. The summed E-state index contributed by atoms with van der Waals surface area (Å²) in [5.74, 6) is 1.24. The van der Waals surface area contributed by atoms with E-state index in [0.717, 1.165) is 44.4 Å². The van der Waals surface area contributed by atoms with Gasteiger partial charge < -0.3 is 25.3 Å². The summed E-state index contributed by atoms with van der Waals surface area (Å²) in [5, 5.41) is 3.14. The molecule has 2 fully saturated rings. The lowest BCUT2D eigenvalue weighted by Crippen LogP contribution is -2.51. The lowest BCUT2D eigenvalue weighted by Gasteiger charge is -2.36. The van der Waals surface area contributed by atoms with Crippen molar-refractivity contribution in [1.82, 2.24) is 19.7 Å². The van der Waals surface area contributed by atoms with Crippen molar-refractivity contribution in [3.05, 3.63) is 11.6 Å². The van der Waals surface area contributed by atoms with E-state index in [9.17, 15) is 0 Å². The van der Waals surface area contributed by atoms with Crippen molar-refractivity contribution in [2.75, 3.05) is 76.9 Å². The van der Waals surface area contributed by atoms with Crippen LogP contribution < -0.4 is 10.6 Å². The van der Waals surface area contributed by atoms with Gasteiger partial charge in [-0.3, -0.25) is 4.99 Å². The van der Waals surface area contributed by atoms with Crippen molar-refractivity contribution in [1.29, 1.82) is 0 Å². The Kier molecular flexibility index (Phi) is 9.54. The number of likely N-dealkylation sites (N-methyl/N-ethyl adjacent to an activating group) is 1. The van der Waals surface area contributed by atoms with E-state index in [4.69, 9.17) is 5.73 Å². The molecule has 0 spiro atoms. The Morgan fingerprint density at radius 2 is 1.81 bits per heavy atom. The maximum atomic E-state index is 6.25. The van der Waals surface area contributed by atoms with Gasteiger partial charge in [-0.1, -0.05) is 13.8 Å². The van der Waals surface area contributed by atoms with Crippen molar-refractivity contribution in [3.8, 4) is 0 Å². The van der Waals surface area contributed by atoms with Crippen LogP contribution in [0.3, 0.4) is 0 Å². The molecule has 2 saturated heterocycles. The van der Waals surface area contributed by atoms with E-state index in [-0.39, 0.29) is 24.0 Å². The number of halogens is 1. The van der Waals surface area contributed by atoms with Gasteiger partial charge in [0.25, 0.3) is 0 Å². The van der Waals surface area contributed by atoms with Crippen molar-refractivity contribution in [2.24, 2.45) is 16.6 Å². The first-order chi connectivity index (χ1) is 12.7. The standard InChI is InChI=1S/C18H33N7S.HI/c1-3-22-5-7-23(8-6-22)15-16(2)14-21-17(19)24-9-11-25(12-10-24)18-20-4-13-26-18;/h4,13,16H,3,5-12,14-15H2,1-2H3,(H2,19,21);1H. The van der Waals surface area contributed by atoms with Crippen LogP contribution in [-0.2, 0) is 0 Å². The molecule has 0 amide bonds. The minimum Gasteiger partial charge on any atom is -0.370 e. The number of hydrogen-bond acceptors (Lipinski definition) is 6. The molecule has 2 N–H and O–H groups in total. The number of piperazine rings is 2. The quantitative estimate of drug-likeness (QED) is 0.358. The fraction of sp³-hybridized carbons (Fsp3) is 0.778. The number of guanidine groups is 1. The topological polar surface area (TPSA) is 64.2 Å². The predicted octanol–water partition coefficient (Wildman–Crippen LogP) is 1.47. The van der Waals surface area contributed by atoms with Gasteiger partial charge in [-0.25, -0.2) is 4.98 Å². The van der Waals surface area contributed by atoms with Crippen LogP contribution in [0.5, 0.6) is 0 Å². The number of aliphatic imine (C=N–C) groups is 1. The molecule has 7 nitrogen and oxygen atoms in total. The monoisotopic (exact) mass is 507 g/mol. The van der Waals surface area contributed by atoms with Gasteiger partial charge in [0.15, 0.2) is 11.1 Å². The molecule has 0 radical (unpaired) electrons. The summed E-state index contributed by atoms with van der Waals surface area (Å²) in [6, 6.07) is 0. The van der Waals surface area contributed by atoms with Crippen LogP contribution >= 0.6 is 35.3 Å². The van der Waals surface area contributed by atoms with Gasteiger partial charge in [0.2, 0.25) is 0 Å². The summed E-state index contributed by atoms with van der Waals surface area (Å²) < 4.78 is 0. The van der Waals surface area contributed by atoms with E-state index in [1.165, 1.54) is 32.7 Å². The molecule has 1 atom stereocenters. The van der Waals surface area contributed by atoms with Gasteiger partial charge in [0.05, 0.1) is 0 Å². The smallest absolute Gasteiger partial charge is 0.191 e. The number of rotatable bonds is 6. The zero-order valence-corrected chi connectivity index (χ0v) is 19.7. The summed E-state index contributed by atoms with van der Waals surface area (Å²) >= 11 is 1.70. The number of anilines is 1. The zero-order chi connectivity index (χ0) is 18.4. The number of hydrogen-bond donors (Lipinski definition) is 1. The second kappa shape index (κ2) is 11.4. The van der Waals surface area contributed by atoms with Gasteiger partial charge in [-0.2, -0.15) is 0 Å². The first-order valence-electron chi connectivity index (χ1n) is 9.79. The van der Waals surface area contributed by atoms with Crippen molar-refractivity contribution < 1.29 is 0 Å². The average Bonchev–Trinajstić information content (AvgIpc) is 3.21. The molecule has 0 saturated carbocycles. The van der Waals surface area contributed by atoms with E-state index in [1.807, 2.05) is 11.6 Å². The van der Waals surface area contributed by atoms with Gasteiger partial charge in [0.1, 0.15) is 0 Å². The van der Waals surface area contributed by atoms with Crippen molar-refractivity contribution in [3.63, 3.8) is 0 Å². The molecule has 9 heteroatoms. The third kappa shape index (κ3) is 6.72. The Bertz CT molecular complexity index is 552. The minimum atomic E-state index is 0. The van der Waals surface area contributed by atoms with Gasteiger partial charge in [-0.15, -0.1) is 35.3 Å². The fourth-order valence-electron chi connectivity index (χ4n) is 3.63. The second-order valence-corrected chi connectivity index (χ2v) is 8.20. The Labute approximate surface area is 184 Å². The van der Waals surface area contributed by atoms with Gasteiger partial charge >= 0.3 is 0 Å². The van der Waals surface area contributed by atoms with Crippen LogP contribution in [0.4, 0.5) is 5.13 Å². The van der Waals surface area contributed by atoms with E-state index in [2.05, 4.69) is 43.4 Å². The van der Waals surface area contributed by atoms with Crippen LogP contribution in [0, 0.1) is 5.92 Å². The highest BCUT2D eigenvalue weighted by molar-refractivity contribution is 14.0. The Balaban J connectivity index is 0.00000261. The third-order valence-corrected chi connectivity index (χ3v) is 6.17. The molecule has 3 rings (SSSR count). The molecule has 0 aliphatic carbocycles. The molecular formula is C18H34IN7S. The molecule has 2 aliphatic rings. The highest BCUT2D eigenvalue weighted by Gasteiger charge is 2.20. The molecule has 27 heavy (non-hydrogen) atoms. The number of nitrogens with two attached hydrogens (primary N) is 1. The minimum absolute atomic E-state index is 0. The normalized spacial score (nSPS) is 21.2. The van der Waals surface area contributed by atoms with Crippen molar-refractivity contribution in [2.45, 2.75) is 13.8 Å². The second-order valence-electron chi connectivity index (χ2n) is 7.33. The Hall–Kier alpha value is -0.650. The van der Waals surface area contributed by atoms with Crippen LogP contribution in [0.25, 0.3) is 0 Å². The molecule has 3 heterocycles. The third-order valence-electron chi connectivity index (χ3n) is 5.34. The summed E-state index contributed by atoms with van der Waals surface area (Å²) in [5.41, 5.74) is 6.25. The number of nitrogens with zero attached hydrogens (tertiary/aromatic N) is 6. The first kappa shape index (κ1) is 22.6. The van der Waals surface area contributed by atoms with E-state index in [0.29, 0.717) is 11.9 Å². The van der Waals surface area contributed by atoms with Crippen LogP contribution in [0.1, 0.15) is 13.8 Å². The highest BCUT2D eigenvalue weighted by Crippen LogP contribution is 2.18. The van der Waals surface area contributed by atoms with Crippen LogP contribution in [-0.4, -0.2) is 97.6 Å². The summed E-state index contributed by atoms with van der Waals surface area (Å²) in [7, 11) is 0. The SMILES string of the molecule is CCN1CCN(CC(C)CN=C(N)N2CCN(c3nccs3)CC2)CC1.I.